The monoisotopic (exact) mass is 397 g/mol. The van der Waals surface area contributed by atoms with Crippen molar-refractivity contribution in [1.29, 1.82) is 0 Å². The smallest absolute Gasteiger partial charge is 0.252 e. The minimum Gasteiger partial charge on any atom is -0.379 e. The topological polar surface area (TPSA) is 70.7 Å². The molecule has 2 unspecified atom stereocenters. The number of benzene rings is 2. The Hall–Kier alpha value is -2.35. The zero-order chi connectivity index (χ0) is 19.5. The summed E-state index contributed by atoms with van der Waals surface area (Å²) in [6.45, 7) is 4.75. The van der Waals surface area contributed by atoms with Crippen molar-refractivity contribution in [3.8, 4) is 0 Å². The van der Waals surface area contributed by atoms with Crippen LogP contribution in [0, 0.1) is 0 Å². The highest BCUT2D eigenvalue weighted by molar-refractivity contribution is 8.00. The van der Waals surface area contributed by atoms with Gasteiger partial charge in [-0.1, -0.05) is 42.1 Å². The van der Waals surface area contributed by atoms with E-state index in [0.29, 0.717) is 24.5 Å². The van der Waals surface area contributed by atoms with Gasteiger partial charge in [-0.05, 0) is 30.7 Å². The fourth-order valence-corrected chi connectivity index (χ4v) is 4.55. The van der Waals surface area contributed by atoms with Crippen LogP contribution >= 0.6 is 11.8 Å². The summed E-state index contributed by atoms with van der Waals surface area (Å²) < 4.78 is 5.37. The highest BCUT2D eigenvalue weighted by atomic mass is 32.2. The number of nitrogens with zero attached hydrogens (tertiary/aromatic N) is 1. The van der Waals surface area contributed by atoms with Crippen molar-refractivity contribution in [2.75, 3.05) is 31.6 Å². The summed E-state index contributed by atoms with van der Waals surface area (Å²) >= 11 is 1.53. The number of ether oxygens (including phenoxy) is 1. The van der Waals surface area contributed by atoms with Crippen LogP contribution in [-0.4, -0.2) is 48.4 Å². The normalized spacial score (nSPS) is 20.8. The number of anilines is 1. The molecule has 4 rings (SSSR count). The molecule has 6 nitrogen and oxygen atoms in total. The Morgan fingerprint density at radius 2 is 1.96 bits per heavy atom. The first-order valence-electron chi connectivity index (χ1n) is 9.41. The summed E-state index contributed by atoms with van der Waals surface area (Å²) in [5.74, 6) is -0.205. The number of fused-ring (bicyclic) bond motifs is 1. The molecule has 0 spiro atoms. The van der Waals surface area contributed by atoms with E-state index in [0.717, 1.165) is 23.5 Å². The van der Waals surface area contributed by atoms with Crippen LogP contribution in [-0.2, 0) is 9.53 Å². The molecule has 2 heterocycles. The molecule has 28 heavy (non-hydrogen) atoms. The first-order valence-corrected chi connectivity index (χ1v) is 10.3. The molecule has 0 aliphatic carbocycles. The van der Waals surface area contributed by atoms with E-state index in [-0.39, 0.29) is 23.2 Å². The first-order chi connectivity index (χ1) is 13.6. The van der Waals surface area contributed by atoms with Crippen molar-refractivity contribution in [2.45, 2.75) is 23.2 Å². The van der Waals surface area contributed by atoms with Crippen LogP contribution in [0.3, 0.4) is 0 Å². The van der Waals surface area contributed by atoms with Gasteiger partial charge >= 0.3 is 0 Å². The number of carbonyl (C=O) groups excluding carboxylic acids is 2. The number of nitrogens with one attached hydrogen (secondary N) is 2. The summed E-state index contributed by atoms with van der Waals surface area (Å²) in [4.78, 5) is 28.3. The maximum atomic E-state index is 12.7. The Kier molecular flexibility index (Phi) is 5.66. The predicted octanol–water partition coefficient (Wildman–Crippen LogP) is 2.88. The van der Waals surface area contributed by atoms with Gasteiger partial charge in [0.1, 0.15) is 5.37 Å². The largest absolute Gasteiger partial charge is 0.379 e. The molecule has 2 atom stereocenters. The van der Waals surface area contributed by atoms with Crippen molar-refractivity contribution < 1.29 is 14.3 Å². The Morgan fingerprint density at radius 3 is 2.71 bits per heavy atom. The number of hydrogen-bond donors (Lipinski definition) is 2. The molecule has 0 saturated carbocycles. The van der Waals surface area contributed by atoms with Crippen molar-refractivity contribution in [1.82, 2.24) is 10.2 Å². The van der Waals surface area contributed by atoms with Crippen LogP contribution in [0.25, 0.3) is 0 Å². The van der Waals surface area contributed by atoms with Gasteiger partial charge in [-0.15, -0.1) is 0 Å². The lowest BCUT2D eigenvalue weighted by Gasteiger charge is -2.35. The molecule has 0 aromatic heterocycles. The molecular formula is C21H23N3O3S. The maximum Gasteiger partial charge on any atom is 0.252 e. The molecule has 2 aromatic carbocycles. The van der Waals surface area contributed by atoms with Crippen molar-refractivity contribution in [3.05, 3.63) is 59.7 Å². The number of rotatable bonds is 4. The van der Waals surface area contributed by atoms with Gasteiger partial charge in [-0.25, -0.2) is 0 Å². The van der Waals surface area contributed by atoms with Crippen LogP contribution < -0.4 is 10.6 Å². The van der Waals surface area contributed by atoms with E-state index in [9.17, 15) is 9.59 Å². The third-order valence-corrected chi connectivity index (χ3v) is 6.33. The molecule has 2 aromatic rings. The summed E-state index contributed by atoms with van der Waals surface area (Å²) in [5, 5.41) is 5.72. The van der Waals surface area contributed by atoms with Gasteiger partial charge in [0.15, 0.2) is 0 Å². The summed E-state index contributed by atoms with van der Waals surface area (Å²) in [7, 11) is 0. The minimum atomic E-state index is -0.255. The van der Waals surface area contributed by atoms with Gasteiger partial charge in [-0.2, -0.15) is 0 Å². The van der Waals surface area contributed by atoms with E-state index in [1.807, 2.05) is 49.4 Å². The fourth-order valence-electron chi connectivity index (χ4n) is 3.40. The van der Waals surface area contributed by atoms with Crippen molar-refractivity contribution >= 4 is 29.3 Å². The molecule has 146 valence electrons. The van der Waals surface area contributed by atoms with Crippen LogP contribution in [0.1, 0.15) is 28.9 Å². The number of carbonyl (C=O) groups is 2. The third kappa shape index (κ3) is 4.06. The average molecular weight is 398 g/mol. The molecule has 0 bridgehead atoms. The third-order valence-electron chi connectivity index (χ3n) is 4.99. The summed E-state index contributed by atoms with van der Waals surface area (Å²) in [5.41, 5.74) is 2.28. The molecule has 1 fully saturated rings. The van der Waals surface area contributed by atoms with E-state index in [1.165, 1.54) is 11.8 Å². The Labute approximate surface area is 168 Å². The SMILES string of the molecule is CC(NC(=O)c1ccc2c(c1)NC(=O)C(N1CCOCC1)S2)c1ccccc1. The Bertz CT molecular complexity index is 868. The average Bonchev–Trinajstić information content (AvgIpc) is 2.74. The predicted molar refractivity (Wildman–Crippen MR) is 109 cm³/mol. The second-order valence-corrected chi connectivity index (χ2v) is 8.05. The summed E-state index contributed by atoms with van der Waals surface area (Å²) in [6.07, 6.45) is 0. The van der Waals surface area contributed by atoms with Crippen molar-refractivity contribution in [3.63, 3.8) is 0 Å². The molecule has 1 saturated heterocycles. The Morgan fingerprint density at radius 1 is 1.21 bits per heavy atom. The fraction of sp³-hybridized carbons (Fsp3) is 0.333. The highest BCUT2D eigenvalue weighted by Crippen LogP contribution is 2.37. The minimum absolute atomic E-state index is 0.0467. The van der Waals surface area contributed by atoms with Crippen LogP contribution in [0.4, 0.5) is 5.69 Å². The van der Waals surface area contributed by atoms with Gasteiger partial charge in [0.25, 0.3) is 11.8 Å². The van der Waals surface area contributed by atoms with Gasteiger partial charge in [0.2, 0.25) is 0 Å². The van der Waals surface area contributed by atoms with Crippen LogP contribution in [0.15, 0.2) is 53.4 Å². The van der Waals surface area contributed by atoms with Crippen LogP contribution in [0.5, 0.6) is 0 Å². The van der Waals surface area contributed by atoms with Crippen LogP contribution in [0.2, 0.25) is 0 Å². The van der Waals surface area contributed by atoms with Gasteiger partial charge in [-0.3, -0.25) is 14.5 Å². The quantitative estimate of drug-likeness (QED) is 0.830. The van der Waals surface area contributed by atoms with E-state index in [2.05, 4.69) is 15.5 Å². The van der Waals surface area contributed by atoms with Gasteiger partial charge < -0.3 is 15.4 Å². The molecule has 2 amide bonds. The lowest BCUT2D eigenvalue weighted by atomic mass is 10.1. The second kappa shape index (κ2) is 8.34. The number of morpholine rings is 1. The highest BCUT2D eigenvalue weighted by Gasteiger charge is 2.33. The molecule has 2 N–H and O–H groups in total. The second-order valence-electron chi connectivity index (χ2n) is 6.92. The Balaban J connectivity index is 1.46. The number of hydrogen-bond acceptors (Lipinski definition) is 5. The van der Waals surface area contributed by atoms with Gasteiger partial charge in [0, 0.05) is 23.5 Å². The van der Waals surface area contributed by atoms with E-state index in [4.69, 9.17) is 4.74 Å². The zero-order valence-corrected chi connectivity index (χ0v) is 16.5. The first kappa shape index (κ1) is 19.0. The number of thioether (sulfide) groups is 1. The molecule has 7 heteroatoms. The lowest BCUT2D eigenvalue weighted by Crippen LogP contribution is -2.48. The lowest BCUT2D eigenvalue weighted by molar-refractivity contribution is -0.119. The molecular weight excluding hydrogens is 374 g/mol. The summed E-state index contributed by atoms with van der Waals surface area (Å²) in [6, 6.07) is 15.2. The zero-order valence-electron chi connectivity index (χ0n) is 15.7. The molecule has 0 radical (unpaired) electrons. The van der Waals surface area contributed by atoms with E-state index < -0.39 is 0 Å². The molecule has 2 aliphatic rings. The number of amides is 2. The maximum absolute atomic E-state index is 12.7. The standard InChI is InChI=1S/C21H23N3O3S/c1-14(15-5-3-2-4-6-15)22-19(25)16-7-8-18-17(13-16)23-20(26)21(28-18)24-9-11-27-12-10-24/h2-8,13-14,21H,9-12H2,1H3,(H,22,25)(H,23,26). The van der Waals surface area contributed by atoms with Crippen molar-refractivity contribution in [2.24, 2.45) is 0 Å². The van der Waals surface area contributed by atoms with Gasteiger partial charge in [0.05, 0.1) is 24.9 Å². The van der Waals surface area contributed by atoms with E-state index in [1.54, 1.807) is 6.07 Å². The molecule has 2 aliphatic heterocycles. The van der Waals surface area contributed by atoms with E-state index >= 15 is 0 Å².